The van der Waals surface area contributed by atoms with Gasteiger partial charge in [0.05, 0.1) is 5.02 Å². The highest BCUT2D eigenvalue weighted by molar-refractivity contribution is 7.93. The summed E-state index contributed by atoms with van der Waals surface area (Å²) in [6.45, 7) is 5.43. The lowest BCUT2D eigenvalue weighted by molar-refractivity contribution is -0.131. The minimum absolute atomic E-state index is 0.0494. The second kappa shape index (κ2) is 10.5. The number of amides is 2. The molecule has 0 saturated carbocycles. The molecule has 0 saturated heterocycles. The first kappa shape index (κ1) is 28.6. The molecule has 0 aromatic heterocycles. The summed E-state index contributed by atoms with van der Waals surface area (Å²) in [5, 5.41) is 9.25. The van der Waals surface area contributed by atoms with E-state index >= 15 is 0 Å². The molecule has 11 nitrogen and oxygen atoms in total. The molecule has 2 amide bonds. The van der Waals surface area contributed by atoms with Crippen LogP contribution in [0, 0.1) is 0 Å². The number of rotatable bonds is 6. The van der Waals surface area contributed by atoms with Crippen LogP contribution in [0.5, 0.6) is 5.75 Å². The Kier molecular flexibility index (Phi) is 8.38. The fourth-order valence-electron chi connectivity index (χ4n) is 2.92. The van der Waals surface area contributed by atoms with Crippen molar-refractivity contribution >= 4 is 51.3 Å². The molecule has 0 heterocycles. The number of carbonyl (C=O) groups is 4. The Morgan fingerprint density at radius 1 is 1.03 bits per heavy atom. The van der Waals surface area contributed by atoms with Gasteiger partial charge in [-0.05, 0) is 51.1 Å². The van der Waals surface area contributed by atoms with Crippen molar-refractivity contribution in [3.8, 4) is 5.75 Å². The van der Waals surface area contributed by atoms with Crippen LogP contribution in [-0.4, -0.2) is 62.1 Å². The van der Waals surface area contributed by atoms with Crippen molar-refractivity contribution in [3.63, 3.8) is 0 Å². The van der Waals surface area contributed by atoms with Crippen molar-refractivity contribution in [3.05, 3.63) is 52.5 Å². The normalized spacial score (nSPS) is 11.4. The van der Waals surface area contributed by atoms with Crippen LogP contribution < -0.4 is 9.04 Å². The Morgan fingerprint density at radius 3 is 2.14 bits per heavy atom. The zero-order valence-electron chi connectivity index (χ0n) is 20.4. The van der Waals surface area contributed by atoms with Gasteiger partial charge in [-0.25, -0.2) is 18.0 Å². The lowest BCUT2D eigenvalue weighted by atomic mass is 10.1. The van der Waals surface area contributed by atoms with Gasteiger partial charge in [-0.1, -0.05) is 17.7 Å². The number of ether oxygens (including phenoxy) is 2. The van der Waals surface area contributed by atoms with Gasteiger partial charge in [-0.2, -0.15) is 4.31 Å². The van der Waals surface area contributed by atoms with E-state index in [-0.39, 0.29) is 14.9 Å². The van der Waals surface area contributed by atoms with Crippen LogP contribution in [-0.2, 0) is 19.6 Å². The number of anilines is 1. The number of halogens is 1. The van der Waals surface area contributed by atoms with E-state index in [1.54, 1.807) is 0 Å². The van der Waals surface area contributed by atoms with Crippen LogP contribution >= 0.6 is 11.6 Å². The second-order valence-electron chi connectivity index (χ2n) is 8.65. The van der Waals surface area contributed by atoms with Crippen molar-refractivity contribution in [2.75, 3.05) is 18.4 Å². The first-order chi connectivity index (χ1) is 16.5. The van der Waals surface area contributed by atoms with E-state index < -0.39 is 61.5 Å². The van der Waals surface area contributed by atoms with E-state index in [1.165, 1.54) is 51.9 Å². The number of esters is 1. The van der Waals surface area contributed by atoms with E-state index in [2.05, 4.69) is 0 Å². The minimum atomic E-state index is -4.97. The number of hydrogen-bond donors (Lipinski definition) is 1. The van der Waals surface area contributed by atoms with Crippen LogP contribution in [0.1, 0.15) is 48.4 Å². The molecule has 36 heavy (non-hydrogen) atoms. The molecule has 0 unspecified atom stereocenters. The summed E-state index contributed by atoms with van der Waals surface area (Å²) >= 11 is 6.18. The van der Waals surface area contributed by atoms with Gasteiger partial charge in [-0.15, -0.1) is 0 Å². The predicted molar refractivity (Wildman–Crippen MR) is 130 cm³/mol. The van der Waals surface area contributed by atoms with E-state index in [0.29, 0.717) is 0 Å². The molecule has 0 bridgehead atoms. The molecule has 0 aliphatic heterocycles. The van der Waals surface area contributed by atoms with E-state index in [9.17, 15) is 32.7 Å². The topological polar surface area (TPSA) is 148 Å². The molecule has 194 valence electrons. The van der Waals surface area contributed by atoms with Crippen LogP contribution in [0.4, 0.5) is 10.5 Å². The molecule has 0 atom stereocenters. The average Bonchev–Trinajstić information content (AvgIpc) is 2.72. The Balaban J connectivity index is 2.92. The van der Waals surface area contributed by atoms with E-state index in [0.717, 1.165) is 31.2 Å². The average molecular weight is 541 g/mol. The number of hydrogen-bond acceptors (Lipinski definition) is 8. The van der Waals surface area contributed by atoms with Gasteiger partial charge in [0, 0.05) is 26.6 Å². The smallest absolute Gasteiger partial charge is 0.429 e. The zero-order valence-corrected chi connectivity index (χ0v) is 21.9. The summed E-state index contributed by atoms with van der Waals surface area (Å²) in [5.74, 6) is -3.77. The van der Waals surface area contributed by atoms with Gasteiger partial charge in [0.15, 0.2) is 5.75 Å². The molecule has 1 N–H and O–H groups in total. The molecular weight excluding hydrogens is 516 g/mol. The molecule has 0 radical (unpaired) electrons. The summed E-state index contributed by atoms with van der Waals surface area (Å²) in [4.78, 5) is 49.8. The number of carboxylic acids is 1. The maximum absolute atomic E-state index is 13.9. The van der Waals surface area contributed by atoms with Crippen molar-refractivity contribution < 1.29 is 42.2 Å². The third kappa shape index (κ3) is 6.32. The second-order valence-corrected chi connectivity index (χ2v) is 10.8. The monoisotopic (exact) mass is 540 g/mol. The van der Waals surface area contributed by atoms with Crippen molar-refractivity contribution in [1.82, 2.24) is 4.90 Å². The summed E-state index contributed by atoms with van der Waals surface area (Å²) in [5.41, 5.74) is -2.43. The van der Waals surface area contributed by atoms with E-state index in [4.69, 9.17) is 21.1 Å². The maximum Gasteiger partial charge on any atom is 0.429 e. The van der Waals surface area contributed by atoms with Crippen LogP contribution in [0.2, 0.25) is 5.02 Å². The highest BCUT2D eigenvalue weighted by Crippen LogP contribution is 2.38. The number of sulfonamides is 1. The van der Waals surface area contributed by atoms with Crippen LogP contribution in [0.15, 0.2) is 41.3 Å². The first-order valence-electron chi connectivity index (χ1n) is 10.3. The largest absolute Gasteiger partial charge is 0.478 e. The van der Waals surface area contributed by atoms with Gasteiger partial charge >= 0.3 is 18.0 Å². The van der Waals surface area contributed by atoms with Crippen molar-refractivity contribution in [2.24, 2.45) is 0 Å². The summed E-state index contributed by atoms with van der Waals surface area (Å²) in [6.07, 6.45) is -1.43. The number of aromatic carboxylic acids is 1. The van der Waals surface area contributed by atoms with Crippen LogP contribution in [0.3, 0.4) is 0 Å². The molecule has 2 aromatic rings. The first-order valence-corrected chi connectivity index (χ1v) is 12.1. The Morgan fingerprint density at radius 2 is 1.64 bits per heavy atom. The van der Waals surface area contributed by atoms with Crippen molar-refractivity contribution in [1.29, 1.82) is 0 Å². The zero-order chi connectivity index (χ0) is 27.6. The summed E-state index contributed by atoms with van der Waals surface area (Å²) < 4.78 is 38.2. The Hall–Kier alpha value is -3.64. The maximum atomic E-state index is 13.9. The lowest BCUT2D eigenvalue weighted by Crippen LogP contribution is -2.41. The predicted octanol–water partition coefficient (Wildman–Crippen LogP) is 3.80. The molecule has 0 spiro atoms. The van der Waals surface area contributed by atoms with Crippen molar-refractivity contribution in [2.45, 2.75) is 38.2 Å². The number of carbonyl (C=O) groups excluding carboxylic acids is 3. The third-order valence-corrected chi connectivity index (χ3v) is 6.51. The molecule has 0 aliphatic carbocycles. The molecule has 0 aliphatic rings. The van der Waals surface area contributed by atoms with Gasteiger partial charge < -0.3 is 19.5 Å². The number of benzene rings is 2. The highest BCUT2D eigenvalue weighted by atomic mass is 35.5. The number of carboxylic acid groups (broad SMARTS) is 1. The summed E-state index contributed by atoms with van der Waals surface area (Å²) in [7, 11) is -2.05. The van der Waals surface area contributed by atoms with E-state index in [1.807, 2.05) is 0 Å². The summed E-state index contributed by atoms with van der Waals surface area (Å²) in [6, 6.07) is 6.73. The molecule has 0 fully saturated rings. The van der Waals surface area contributed by atoms with Gasteiger partial charge in [0.25, 0.3) is 15.9 Å². The lowest BCUT2D eigenvalue weighted by Gasteiger charge is -2.28. The highest BCUT2D eigenvalue weighted by Gasteiger charge is 2.39. The fraction of sp³-hybridized carbons (Fsp3) is 0.304. The third-order valence-electron chi connectivity index (χ3n) is 4.35. The standard InChI is InChI=1S/C23H25ClN2O9S/c1-13(27)34-19-15(21(29)30)8-7-9-17(19)26(22(31)35-23(2,3)4)36(32,33)18-12-14(10-11-16(18)24)20(28)25(5)6/h7-12H,1-6H3,(H,29,30). The Labute approximate surface area is 213 Å². The van der Waals surface area contributed by atoms with Gasteiger partial charge in [-0.3, -0.25) is 9.59 Å². The quantitative estimate of drug-likeness (QED) is 0.426. The number of para-hydroxylation sites is 1. The van der Waals surface area contributed by atoms with Gasteiger partial charge in [0.1, 0.15) is 21.7 Å². The molecule has 2 rings (SSSR count). The minimum Gasteiger partial charge on any atom is -0.478 e. The number of nitrogens with zero attached hydrogens (tertiary/aromatic N) is 2. The fourth-order valence-corrected chi connectivity index (χ4v) is 4.76. The van der Waals surface area contributed by atoms with Crippen LogP contribution in [0.25, 0.3) is 0 Å². The Bertz CT molecular complexity index is 1330. The molecule has 2 aromatic carbocycles. The molecular formula is C23H25ClN2O9S. The van der Waals surface area contributed by atoms with Gasteiger partial charge in [0.2, 0.25) is 0 Å². The SMILES string of the molecule is CC(=O)Oc1c(C(=O)O)cccc1N(C(=O)OC(C)(C)C)S(=O)(=O)c1cc(C(=O)N(C)C)ccc1Cl. The molecule has 13 heteroatoms.